The maximum absolute atomic E-state index is 12.4. The summed E-state index contributed by atoms with van der Waals surface area (Å²) in [5.41, 5.74) is 5.60. The molecule has 3 nitrogen and oxygen atoms in total. The lowest BCUT2D eigenvalue weighted by Crippen LogP contribution is -2.05. The lowest BCUT2D eigenvalue weighted by atomic mass is 10.2. The van der Waals surface area contributed by atoms with Gasteiger partial charge in [0.2, 0.25) is 0 Å². The number of hydrogen-bond acceptors (Lipinski definition) is 3. The summed E-state index contributed by atoms with van der Waals surface area (Å²) in [5, 5.41) is 0. The standard InChI is InChI=1S/C13H12F3NO2/c14-13(15,16)10-1-3-11(4-2-10)19-8-12-9(7-17)5-6-18-12/h1-6H,7-8,17H2. The Hall–Kier alpha value is -1.95. The molecule has 0 unspecified atom stereocenters. The summed E-state index contributed by atoms with van der Waals surface area (Å²) in [6, 6.07) is 6.22. The highest BCUT2D eigenvalue weighted by Crippen LogP contribution is 2.30. The highest BCUT2D eigenvalue weighted by Gasteiger charge is 2.30. The summed E-state index contributed by atoms with van der Waals surface area (Å²) in [6.45, 7) is 0.451. The average Bonchev–Trinajstić information content (AvgIpc) is 2.83. The number of benzene rings is 1. The average molecular weight is 271 g/mol. The molecule has 2 rings (SSSR count). The second-order valence-electron chi connectivity index (χ2n) is 3.88. The Labute approximate surface area is 107 Å². The maximum atomic E-state index is 12.4. The molecular formula is C13H12F3NO2. The van der Waals surface area contributed by atoms with Gasteiger partial charge in [0.15, 0.2) is 0 Å². The van der Waals surface area contributed by atoms with Crippen LogP contribution in [0.2, 0.25) is 0 Å². The minimum Gasteiger partial charge on any atom is -0.486 e. The van der Waals surface area contributed by atoms with Crippen LogP contribution in [0.1, 0.15) is 16.9 Å². The molecule has 2 N–H and O–H groups in total. The van der Waals surface area contributed by atoms with Crippen molar-refractivity contribution in [1.82, 2.24) is 0 Å². The van der Waals surface area contributed by atoms with Crippen molar-refractivity contribution in [3.8, 4) is 5.75 Å². The van der Waals surface area contributed by atoms with E-state index in [0.29, 0.717) is 18.1 Å². The fraction of sp³-hybridized carbons (Fsp3) is 0.231. The first-order valence-corrected chi connectivity index (χ1v) is 5.56. The number of alkyl halides is 3. The van der Waals surface area contributed by atoms with Crippen molar-refractivity contribution < 1.29 is 22.3 Å². The first-order valence-electron chi connectivity index (χ1n) is 5.56. The van der Waals surface area contributed by atoms with E-state index >= 15 is 0 Å². The molecule has 0 aliphatic carbocycles. The summed E-state index contributed by atoms with van der Waals surface area (Å²) in [6.07, 6.45) is -2.85. The fourth-order valence-corrected chi connectivity index (χ4v) is 1.56. The van der Waals surface area contributed by atoms with E-state index in [1.165, 1.54) is 18.4 Å². The van der Waals surface area contributed by atoms with Gasteiger partial charge in [0.25, 0.3) is 0 Å². The number of hydrogen-bond donors (Lipinski definition) is 1. The van der Waals surface area contributed by atoms with Crippen molar-refractivity contribution in [3.05, 3.63) is 53.5 Å². The molecule has 0 aliphatic heterocycles. The Morgan fingerprint density at radius 2 is 1.79 bits per heavy atom. The van der Waals surface area contributed by atoms with Crippen molar-refractivity contribution in [1.29, 1.82) is 0 Å². The zero-order valence-electron chi connectivity index (χ0n) is 9.91. The summed E-state index contributed by atoms with van der Waals surface area (Å²) in [7, 11) is 0. The summed E-state index contributed by atoms with van der Waals surface area (Å²) in [5.74, 6) is 0.912. The lowest BCUT2D eigenvalue weighted by Gasteiger charge is -2.08. The molecule has 0 bridgehead atoms. The molecule has 1 heterocycles. The number of rotatable bonds is 4. The van der Waals surface area contributed by atoms with Crippen molar-refractivity contribution in [2.75, 3.05) is 0 Å². The summed E-state index contributed by atoms with van der Waals surface area (Å²) < 4.78 is 47.6. The molecule has 0 amide bonds. The Balaban J connectivity index is 2.01. The minimum atomic E-state index is -4.34. The number of nitrogens with two attached hydrogens (primary N) is 1. The second kappa shape index (κ2) is 5.36. The Morgan fingerprint density at radius 1 is 1.11 bits per heavy atom. The molecule has 0 spiro atoms. The van der Waals surface area contributed by atoms with E-state index in [1.807, 2.05) is 0 Å². The van der Waals surface area contributed by atoms with Gasteiger partial charge in [0, 0.05) is 12.1 Å². The molecule has 0 fully saturated rings. The smallest absolute Gasteiger partial charge is 0.416 e. The van der Waals surface area contributed by atoms with Crippen LogP contribution in [0.15, 0.2) is 41.0 Å². The first-order chi connectivity index (χ1) is 9.00. The van der Waals surface area contributed by atoms with Gasteiger partial charge in [-0.1, -0.05) is 0 Å². The highest BCUT2D eigenvalue weighted by atomic mass is 19.4. The van der Waals surface area contributed by atoms with Crippen LogP contribution < -0.4 is 10.5 Å². The monoisotopic (exact) mass is 271 g/mol. The van der Waals surface area contributed by atoms with Crippen LogP contribution >= 0.6 is 0 Å². The largest absolute Gasteiger partial charge is 0.486 e. The van der Waals surface area contributed by atoms with Gasteiger partial charge >= 0.3 is 6.18 Å². The molecule has 19 heavy (non-hydrogen) atoms. The highest BCUT2D eigenvalue weighted by molar-refractivity contribution is 5.29. The zero-order valence-corrected chi connectivity index (χ0v) is 9.91. The maximum Gasteiger partial charge on any atom is 0.416 e. The van der Waals surface area contributed by atoms with E-state index < -0.39 is 11.7 Å². The van der Waals surface area contributed by atoms with E-state index in [4.69, 9.17) is 14.9 Å². The van der Waals surface area contributed by atoms with Crippen LogP contribution in [0.3, 0.4) is 0 Å². The molecule has 0 radical (unpaired) electrons. The third kappa shape index (κ3) is 3.29. The van der Waals surface area contributed by atoms with Gasteiger partial charge in [0.05, 0.1) is 11.8 Å². The molecule has 102 valence electrons. The molecule has 0 aliphatic rings. The Bertz CT molecular complexity index is 532. The van der Waals surface area contributed by atoms with Gasteiger partial charge in [-0.15, -0.1) is 0 Å². The van der Waals surface area contributed by atoms with E-state index in [0.717, 1.165) is 17.7 Å². The van der Waals surface area contributed by atoms with Gasteiger partial charge in [-0.3, -0.25) is 0 Å². The van der Waals surface area contributed by atoms with Crippen LogP contribution in [0.25, 0.3) is 0 Å². The Kier molecular flexibility index (Phi) is 3.80. The molecule has 0 saturated heterocycles. The lowest BCUT2D eigenvalue weighted by molar-refractivity contribution is -0.137. The minimum absolute atomic E-state index is 0.130. The molecule has 6 heteroatoms. The zero-order chi connectivity index (χ0) is 13.9. The first kappa shape index (κ1) is 13.5. The van der Waals surface area contributed by atoms with Crippen LogP contribution in [0.4, 0.5) is 13.2 Å². The van der Waals surface area contributed by atoms with Gasteiger partial charge < -0.3 is 14.9 Å². The van der Waals surface area contributed by atoms with Crippen molar-refractivity contribution in [2.45, 2.75) is 19.3 Å². The third-order valence-corrected chi connectivity index (χ3v) is 2.61. The Morgan fingerprint density at radius 3 is 2.37 bits per heavy atom. The SMILES string of the molecule is NCc1ccoc1COc1ccc(C(F)(F)F)cc1. The predicted molar refractivity (Wildman–Crippen MR) is 62.4 cm³/mol. The molecule has 1 aromatic carbocycles. The van der Waals surface area contributed by atoms with Gasteiger partial charge in [-0.25, -0.2) is 0 Å². The van der Waals surface area contributed by atoms with E-state index in [9.17, 15) is 13.2 Å². The van der Waals surface area contributed by atoms with Crippen molar-refractivity contribution in [3.63, 3.8) is 0 Å². The van der Waals surface area contributed by atoms with Crippen molar-refractivity contribution in [2.24, 2.45) is 5.73 Å². The third-order valence-electron chi connectivity index (χ3n) is 2.61. The van der Waals surface area contributed by atoms with Crippen molar-refractivity contribution >= 4 is 0 Å². The fourth-order valence-electron chi connectivity index (χ4n) is 1.56. The van der Waals surface area contributed by atoms with E-state index in [2.05, 4.69) is 0 Å². The number of furan rings is 1. The predicted octanol–water partition coefficient (Wildman–Crippen LogP) is 3.34. The topological polar surface area (TPSA) is 48.4 Å². The number of ether oxygens (including phenoxy) is 1. The van der Waals surface area contributed by atoms with Crippen LogP contribution in [-0.2, 0) is 19.3 Å². The summed E-state index contributed by atoms with van der Waals surface area (Å²) >= 11 is 0. The van der Waals surface area contributed by atoms with Gasteiger partial charge in [-0.05, 0) is 30.3 Å². The van der Waals surface area contributed by atoms with Gasteiger partial charge in [-0.2, -0.15) is 13.2 Å². The molecule has 0 saturated carbocycles. The van der Waals surface area contributed by atoms with E-state index in [1.54, 1.807) is 6.07 Å². The molecule has 0 atom stereocenters. The van der Waals surface area contributed by atoms with Crippen LogP contribution in [0.5, 0.6) is 5.75 Å². The molecular weight excluding hydrogens is 259 g/mol. The quantitative estimate of drug-likeness (QED) is 0.927. The molecule has 1 aromatic heterocycles. The normalized spacial score (nSPS) is 11.6. The summed E-state index contributed by atoms with van der Waals surface area (Å²) in [4.78, 5) is 0. The second-order valence-corrected chi connectivity index (χ2v) is 3.88. The van der Waals surface area contributed by atoms with Crippen LogP contribution in [-0.4, -0.2) is 0 Å². The van der Waals surface area contributed by atoms with E-state index in [-0.39, 0.29) is 6.61 Å². The number of halogens is 3. The molecule has 2 aromatic rings. The van der Waals surface area contributed by atoms with Gasteiger partial charge in [0.1, 0.15) is 18.1 Å². The van der Waals surface area contributed by atoms with Crippen LogP contribution in [0, 0.1) is 0 Å².